The highest BCUT2D eigenvalue weighted by Gasteiger charge is 2.40. The summed E-state index contributed by atoms with van der Waals surface area (Å²) in [5.74, 6) is 0. The van der Waals surface area contributed by atoms with Crippen molar-refractivity contribution >= 4 is 17.0 Å². The van der Waals surface area contributed by atoms with Crippen molar-refractivity contribution in [3.05, 3.63) is 35.4 Å². The van der Waals surface area contributed by atoms with E-state index in [2.05, 4.69) is 23.5 Å². The third kappa shape index (κ3) is 1.000. The van der Waals surface area contributed by atoms with E-state index < -0.39 is 0 Å². The summed E-state index contributed by atoms with van der Waals surface area (Å²) in [6.45, 7) is 0. The van der Waals surface area contributed by atoms with Crippen molar-refractivity contribution in [2.24, 2.45) is 0 Å². The van der Waals surface area contributed by atoms with Crippen LogP contribution in [0.15, 0.2) is 24.3 Å². The highest BCUT2D eigenvalue weighted by Crippen LogP contribution is 2.42. The van der Waals surface area contributed by atoms with Crippen LogP contribution in [0.25, 0.3) is 0 Å². The third-order valence-corrected chi connectivity index (χ3v) is 3.79. The van der Waals surface area contributed by atoms with Gasteiger partial charge in [-0.15, -0.1) is 0 Å². The summed E-state index contributed by atoms with van der Waals surface area (Å²) in [5, 5.41) is 3.56. The average molecular weight is 191 g/mol. The molecule has 3 rings (SSSR count). The molecule has 2 aliphatic rings. The maximum Gasteiger partial charge on any atom is 0.279 e. The van der Waals surface area contributed by atoms with Crippen LogP contribution in [0.1, 0.15) is 17.2 Å². The van der Waals surface area contributed by atoms with Crippen LogP contribution in [0.4, 0.5) is 4.79 Å². The molecule has 0 saturated carbocycles. The van der Waals surface area contributed by atoms with E-state index in [1.165, 1.54) is 22.9 Å². The summed E-state index contributed by atoms with van der Waals surface area (Å²) < 4.78 is 0. The first-order chi connectivity index (χ1) is 6.34. The predicted octanol–water partition coefficient (Wildman–Crippen LogP) is 2.11. The van der Waals surface area contributed by atoms with Crippen LogP contribution in [0, 0.1) is 0 Å². The second-order valence-corrected chi connectivity index (χ2v) is 4.68. The van der Waals surface area contributed by atoms with Crippen LogP contribution in [0.3, 0.4) is 0 Å². The van der Waals surface area contributed by atoms with E-state index in [0.717, 1.165) is 6.42 Å². The lowest BCUT2D eigenvalue weighted by Gasteiger charge is -2.07. The molecule has 1 aromatic carbocycles. The maximum atomic E-state index is 11.1. The Balaban J connectivity index is 2.06. The summed E-state index contributed by atoms with van der Waals surface area (Å²) in [4.78, 5) is 11.1. The van der Waals surface area contributed by atoms with E-state index in [9.17, 15) is 4.79 Å². The first-order valence-corrected chi connectivity index (χ1v) is 5.27. The van der Waals surface area contributed by atoms with Crippen LogP contribution < -0.4 is 5.32 Å². The Morgan fingerprint density at radius 3 is 3.15 bits per heavy atom. The molecule has 0 aromatic heterocycles. The van der Waals surface area contributed by atoms with Gasteiger partial charge in [-0.25, -0.2) is 0 Å². The first-order valence-electron chi connectivity index (χ1n) is 4.39. The highest BCUT2D eigenvalue weighted by molar-refractivity contribution is 8.14. The Labute approximate surface area is 80.7 Å². The lowest BCUT2D eigenvalue weighted by molar-refractivity contribution is 0.260. The topological polar surface area (TPSA) is 29.1 Å². The second-order valence-electron chi connectivity index (χ2n) is 3.47. The number of amides is 1. The molecule has 13 heavy (non-hydrogen) atoms. The van der Waals surface area contributed by atoms with Crippen molar-refractivity contribution in [3.63, 3.8) is 0 Å². The molecular weight excluding hydrogens is 182 g/mol. The summed E-state index contributed by atoms with van der Waals surface area (Å²) >= 11 is 1.44. The molecule has 1 aliphatic carbocycles. The highest BCUT2D eigenvalue weighted by atomic mass is 32.2. The van der Waals surface area contributed by atoms with Gasteiger partial charge in [-0.05, 0) is 17.5 Å². The van der Waals surface area contributed by atoms with Crippen molar-refractivity contribution in [2.45, 2.75) is 17.7 Å². The lowest BCUT2D eigenvalue weighted by atomic mass is 10.1. The molecular formula is C10H9NOS. The molecule has 1 aliphatic heterocycles. The third-order valence-electron chi connectivity index (χ3n) is 2.71. The van der Waals surface area contributed by atoms with Crippen molar-refractivity contribution in [3.8, 4) is 0 Å². The minimum atomic E-state index is 0.129. The number of hydrogen-bond donors (Lipinski definition) is 1. The molecule has 2 nitrogen and oxygen atoms in total. The Morgan fingerprint density at radius 2 is 2.23 bits per heavy atom. The molecule has 66 valence electrons. The molecule has 0 bridgehead atoms. The standard InChI is InChI=1S/C10H9NOS/c12-10-11-9-7-4-2-1-3-6(7)5-8(9)13-10/h1-4,8-9H,5H2,(H,11,12)/t8-,9+/m0/s1. The molecule has 1 heterocycles. The van der Waals surface area contributed by atoms with Gasteiger partial charge < -0.3 is 5.32 Å². The minimum Gasteiger partial charge on any atom is -0.339 e. The van der Waals surface area contributed by atoms with Crippen molar-refractivity contribution in [1.29, 1.82) is 0 Å². The number of carbonyl (C=O) groups is 1. The van der Waals surface area contributed by atoms with Crippen molar-refractivity contribution in [1.82, 2.24) is 5.32 Å². The smallest absolute Gasteiger partial charge is 0.279 e. The number of thioether (sulfide) groups is 1. The van der Waals surface area contributed by atoms with Gasteiger partial charge in [0, 0.05) is 5.25 Å². The number of carbonyl (C=O) groups excluding carboxylic acids is 1. The zero-order chi connectivity index (χ0) is 8.84. The monoisotopic (exact) mass is 191 g/mol. The Hall–Kier alpha value is -0.960. The number of rotatable bonds is 0. The van der Waals surface area contributed by atoms with Gasteiger partial charge in [0.05, 0.1) is 6.04 Å². The van der Waals surface area contributed by atoms with E-state index in [4.69, 9.17) is 0 Å². The van der Waals surface area contributed by atoms with Gasteiger partial charge in [-0.3, -0.25) is 4.79 Å². The summed E-state index contributed by atoms with van der Waals surface area (Å²) in [7, 11) is 0. The number of nitrogens with one attached hydrogen (secondary N) is 1. The molecule has 1 aromatic rings. The van der Waals surface area contributed by atoms with E-state index in [1.807, 2.05) is 6.07 Å². The van der Waals surface area contributed by atoms with Gasteiger partial charge >= 0.3 is 0 Å². The zero-order valence-electron chi connectivity index (χ0n) is 6.99. The largest absolute Gasteiger partial charge is 0.339 e. The summed E-state index contributed by atoms with van der Waals surface area (Å²) in [6, 6.07) is 8.64. The number of fused-ring (bicyclic) bond motifs is 3. The zero-order valence-corrected chi connectivity index (χ0v) is 7.80. The molecule has 0 radical (unpaired) electrons. The number of benzene rings is 1. The van der Waals surface area contributed by atoms with Crippen LogP contribution >= 0.6 is 11.8 Å². The second kappa shape index (κ2) is 2.51. The van der Waals surface area contributed by atoms with Gasteiger partial charge in [0.25, 0.3) is 5.24 Å². The maximum absolute atomic E-state index is 11.1. The molecule has 1 fully saturated rings. The van der Waals surface area contributed by atoms with Crippen molar-refractivity contribution in [2.75, 3.05) is 0 Å². The van der Waals surface area contributed by atoms with Gasteiger partial charge in [0.1, 0.15) is 0 Å². The van der Waals surface area contributed by atoms with Crippen molar-refractivity contribution < 1.29 is 4.79 Å². The molecule has 1 saturated heterocycles. The molecule has 1 N–H and O–H groups in total. The van der Waals surface area contributed by atoms with Crippen LogP contribution in [-0.2, 0) is 6.42 Å². The quantitative estimate of drug-likeness (QED) is 0.680. The fourth-order valence-electron chi connectivity index (χ4n) is 2.14. The molecule has 1 amide bonds. The number of hydrogen-bond acceptors (Lipinski definition) is 2. The van der Waals surface area contributed by atoms with Gasteiger partial charge in [-0.2, -0.15) is 0 Å². The fraction of sp³-hybridized carbons (Fsp3) is 0.300. The van der Waals surface area contributed by atoms with E-state index >= 15 is 0 Å². The van der Waals surface area contributed by atoms with E-state index in [0.29, 0.717) is 5.25 Å². The van der Waals surface area contributed by atoms with Crippen LogP contribution in [0.2, 0.25) is 0 Å². The Bertz CT molecular complexity index is 377. The average Bonchev–Trinajstić information content (AvgIpc) is 2.60. The first kappa shape index (κ1) is 7.44. The van der Waals surface area contributed by atoms with Gasteiger partial charge in [0.2, 0.25) is 0 Å². The summed E-state index contributed by atoms with van der Waals surface area (Å²) in [6.07, 6.45) is 1.03. The normalized spacial score (nSPS) is 29.7. The molecule has 0 spiro atoms. The molecule has 3 heteroatoms. The SMILES string of the molecule is O=C1N[C@@H]2c3ccccc3C[C@@H]2S1. The van der Waals surface area contributed by atoms with E-state index in [-0.39, 0.29) is 11.3 Å². The van der Waals surface area contributed by atoms with Gasteiger partial charge in [-0.1, -0.05) is 36.0 Å². The van der Waals surface area contributed by atoms with E-state index in [1.54, 1.807) is 0 Å². The van der Waals surface area contributed by atoms with Gasteiger partial charge in [0.15, 0.2) is 0 Å². The fourth-order valence-corrected chi connectivity index (χ4v) is 3.22. The molecule has 2 atom stereocenters. The Morgan fingerprint density at radius 1 is 1.38 bits per heavy atom. The predicted molar refractivity (Wildman–Crippen MR) is 52.8 cm³/mol. The van der Waals surface area contributed by atoms with Crippen LogP contribution in [0.5, 0.6) is 0 Å². The lowest BCUT2D eigenvalue weighted by Crippen LogP contribution is -2.18. The van der Waals surface area contributed by atoms with Crippen LogP contribution in [-0.4, -0.2) is 10.5 Å². The molecule has 0 unspecified atom stereocenters. The minimum absolute atomic E-state index is 0.129. The Kier molecular flexibility index (Phi) is 1.44. The summed E-state index contributed by atoms with van der Waals surface area (Å²) in [5.41, 5.74) is 2.70.